The average molecular weight is 388 g/mol. The van der Waals surface area contributed by atoms with Crippen LogP contribution in [0.4, 0.5) is 0 Å². The van der Waals surface area contributed by atoms with Gasteiger partial charge in [0.2, 0.25) is 0 Å². The zero-order valence-electron chi connectivity index (χ0n) is 16.3. The van der Waals surface area contributed by atoms with E-state index in [0.717, 1.165) is 36.1 Å². The van der Waals surface area contributed by atoms with E-state index < -0.39 is 0 Å². The average Bonchev–Trinajstić information content (AvgIpc) is 3.29. The van der Waals surface area contributed by atoms with Crippen LogP contribution >= 0.6 is 0 Å². The Balaban J connectivity index is 1.20. The van der Waals surface area contributed by atoms with Gasteiger partial charge in [-0.2, -0.15) is 4.80 Å². The van der Waals surface area contributed by atoms with Crippen LogP contribution in [0.1, 0.15) is 44.1 Å². The Kier molecular flexibility index (Phi) is 3.77. The second-order valence-electron chi connectivity index (χ2n) is 9.17. The maximum Gasteiger partial charge on any atom is 0.178 e. The normalized spacial score (nSPS) is 32.6. The highest BCUT2D eigenvalue weighted by molar-refractivity contribution is 5.47. The largest absolute Gasteiger partial charge is 0.307 e. The summed E-state index contributed by atoms with van der Waals surface area (Å²) in [6.07, 6.45) is 14.5. The summed E-state index contributed by atoms with van der Waals surface area (Å²) in [6, 6.07) is 5.78. The summed E-state index contributed by atoms with van der Waals surface area (Å²) in [5.74, 6) is 2.16. The Bertz CT molecular complexity index is 971. The molecule has 4 fully saturated rings. The quantitative estimate of drug-likeness (QED) is 0.717. The first kappa shape index (κ1) is 17.1. The number of pyridine rings is 1. The minimum atomic E-state index is 0.0346. The molecule has 4 bridgehead atoms. The molecule has 8 heteroatoms. The van der Waals surface area contributed by atoms with Crippen molar-refractivity contribution in [2.75, 3.05) is 0 Å². The Labute approximate surface area is 169 Å². The second-order valence-corrected chi connectivity index (χ2v) is 9.17. The van der Waals surface area contributed by atoms with Gasteiger partial charge in [0.1, 0.15) is 5.69 Å². The van der Waals surface area contributed by atoms with E-state index in [2.05, 4.69) is 35.7 Å². The van der Waals surface area contributed by atoms with E-state index in [1.165, 1.54) is 32.1 Å². The van der Waals surface area contributed by atoms with Crippen LogP contribution in [-0.4, -0.2) is 40.7 Å². The zero-order valence-corrected chi connectivity index (χ0v) is 16.3. The third-order valence-electron chi connectivity index (χ3n) is 7.07. The fourth-order valence-corrected chi connectivity index (χ4v) is 6.40. The van der Waals surface area contributed by atoms with Gasteiger partial charge < -0.3 is 5.32 Å². The highest BCUT2D eigenvalue weighted by Crippen LogP contribution is 2.60. The summed E-state index contributed by atoms with van der Waals surface area (Å²) >= 11 is 0. The lowest BCUT2D eigenvalue weighted by Gasteiger charge is -2.61. The summed E-state index contributed by atoms with van der Waals surface area (Å²) in [7, 11) is 0. The van der Waals surface area contributed by atoms with Crippen LogP contribution < -0.4 is 5.32 Å². The number of tetrazole rings is 1. The van der Waals surface area contributed by atoms with E-state index in [4.69, 9.17) is 0 Å². The molecule has 2 atom stereocenters. The van der Waals surface area contributed by atoms with E-state index in [9.17, 15) is 0 Å². The molecule has 0 spiro atoms. The van der Waals surface area contributed by atoms with Crippen molar-refractivity contribution in [2.24, 2.45) is 11.8 Å². The third kappa shape index (κ3) is 2.93. The molecule has 29 heavy (non-hydrogen) atoms. The molecule has 4 aliphatic rings. The number of aromatic nitrogens is 7. The number of nitrogens with one attached hydrogen (secondary N) is 1. The fraction of sp³-hybridized carbons (Fsp3) is 0.524. The van der Waals surface area contributed by atoms with Crippen LogP contribution in [0, 0.1) is 11.8 Å². The van der Waals surface area contributed by atoms with Gasteiger partial charge in [-0.15, -0.1) is 10.2 Å². The van der Waals surface area contributed by atoms with Gasteiger partial charge in [-0.05, 0) is 67.7 Å². The van der Waals surface area contributed by atoms with Gasteiger partial charge in [0.05, 0.1) is 5.54 Å². The molecule has 8 nitrogen and oxygen atoms in total. The van der Waals surface area contributed by atoms with Crippen molar-refractivity contribution >= 4 is 0 Å². The van der Waals surface area contributed by atoms with E-state index >= 15 is 0 Å². The number of nitrogens with zero attached hydrogens (tertiary/aromatic N) is 7. The molecule has 0 radical (unpaired) electrons. The van der Waals surface area contributed by atoms with Crippen LogP contribution in [0.5, 0.6) is 0 Å². The van der Waals surface area contributed by atoms with E-state index in [1.54, 1.807) is 12.5 Å². The maximum absolute atomic E-state index is 4.52. The maximum atomic E-state index is 4.52. The molecule has 3 heterocycles. The third-order valence-corrected chi connectivity index (χ3v) is 7.07. The summed E-state index contributed by atoms with van der Waals surface area (Å²) in [5, 5.41) is 16.6. The fourth-order valence-electron chi connectivity index (χ4n) is 6.40. The van der Waals surface area contributed by atoms with Gasteiger partial charge in [0.15, 0.2) is 12.2 Å². The Morgan fingerprint density at radius 2 is 1.86 bits per heavy atom. The smallest absolute Gasteiger partial charge is 0.178 e. The summed E-state index contributed by atoms with van der Waals surface area (Å²) in [6.45, 7) is 0.781. The highest BCUT2D eigenvalue weighted by Gasteiger charge is 2.59. The molecule has 4 aliphatic carbocycles. The van der Waals surface area contributed by atoms with Crippen LogP contribution in [0.15, 0.2) is 43.1 Å². The monoisotopic (exact) mass is 388 g/mol. The number of rotatable bonds is 5. The topological polar surface area (TPSA) is 94.3 Å². The Hall–Kier alpha value is -2.74. The minimum Gasteiger partial charge on any atom is -0.307 e. The SMILES string of the molecule is c1ccc(-c2ncc(CNC34CC5CC(C3)CC(n3ncnn3)(C5)C4)cn2)nc1. The van der Waals surface area contributed by atoms with Crippen molar-refractivity contribution < 1.29 is 0 Å². The first-order valence-electron chi connectivity index (χ1n) is 10.4. The van der Waals surface area contributed by atoms with E-state index in [1.807, 2.05) is 35.4 Å². The van der Waals surface area contributed by atoms with Gasteiger partial charge in [0.25, 0.3) is 0 Å². The molecule has 3 aromatic heterocycles. The summed E-state index contributed by atoms with van der Waals surface area (Å²) < 4.78 is 0. The van der Waals surface area contributed by atoms with Gasteiger partial charge in [-0.1, -0.05) is 6.07 Å². The van der Waals surface area contributed by atoms with Crippen molar-refractivity contribution in [3.63, 3.8) is 0 Å². The van der Waals surface area contributed by atoms with Crippen molar-refractivity contribution in [2.45, 2.75) is 56.1 Å². The molecule has 148 valence electrons. The lowest BCUT2D eigenvalue weighted by molar-refractivity contribution is -0.0854. The molecule has 1 N–H and O–H groups in total. The molecule has 7 rings (SSSR count). The molecule has 0 saturated heterocycles. The van der Waals surface area contributed by atoms with Crippen molar-refractivity contribution in [1.29, 1.82) is 0 Å². The molecule has 4 saturated carbocycles. The van der Waals surface area contributed by atoms with E-state index in [-0.39, 0.29) is 11.1 Å². The van der Waals surface area contributed by atoms with Crippen LogP contribution in [0.25, 0.3) is 11.5 Å². The summed E-state index contributed by atoms with van der Waals surface area (Å²) in [5.41, 5.74) is 2.09. The molecule has 0 aromatic carbocycles. The molecule has 3 aromatic rings. The van der Waals surface area contributed by atoms with Crippen LogP contribution in [0.2, 0.25) is 0 Å². The van der Waals surface area contributed by atoms with Crippen LogP contribution in [-0.2, 0) is 12.1 Å². The van der Waals surface area contributed by atoms with Crippen molar-refractivity contribution in [3.05, 3.63) is 48.7 Å². The molecular weight excluding hydrogens is 364 g/mol. The van der Waals surface area contributed by atoms with Gasteiger partial charge >= 0.3 is 0 Å². The van der Waals surface area contributed by atoms with Crippen molar-refractivity contribution in [1.82, 2.24) is 40.5 Å². The van der Waals surface area contributed by atoms with Gasteiger partial charge in [-0.3, -0.25) is 4.98 Å². The van der Waals surface area contributed by atoms with Crippen LogP contribution in [0.3, 0.4) is 0 Å². The Morgan fingerprint density at radius 3 is 2.55 bits per heavy atom. The highest BCUT2D eigenvalue weighted by atomic mass is 15.6. The molecular formula is C21H24N8. The Morgan fingerprint density at radius 1 is 1.03 bits per heavy atom. The second kappa shape index (κ2) is 6.38. The number of hydrogen-bond donors (Lipinski definition) is 1. The predicted molar refractivity (Wildman–Crippen MR) is 105 cm³/mol. The molecule has 2 unspecified atom stereocenters. The van der Waals surface area contributed by atoms with Gasteiger partial charge in [-0.25, -0.2) is 9.97 Å². The lowest BCUT2D eigenvalue weighted by Crippen LogP contribution is -2.65. The zero-order chi connectivity index (χ0) is 19.3. The lowest BCUT2D eigenvalue weighted by atomic mass is 9.50. The number of hydrogen-bond acceptors (Lipinski definition) is 7. The molecule has 0 amide bonds. The van der Waals surface area contributed by atoms with Crippen molar-refractivity contribution in [3.8, 4) is 11.5 Å². The predicted octanol–water partition coefficient (Wildman–Crippen LogP) is 2.36. The first-order chi connectivity index (χ1) is 14.2. The van der Waals surface area contributed by atoms with Gasteiger partial charge in [0, 0.05) is 36.2 Å². The molecule has 0 aliphatic heterocycles. The first-order valence-corrected chi connectivity index (χ1v) is 10.4. The minimum absolute atomic E-state index is 0.0346. The summed E-state index contributed by atoms with van der Waals surface area (Å²) in [4.78, 5) is 15.3. The standard InChI is InChI=1S/C21H24N8/c1-2-4-22-18(3-1)19-23-10-17(11-24-19)12-25-20-6-15-5-16(7-20)9-21(8-15,13-20)29-27-14-26-28-29/h1-4,10-11,14-16,25H,5-9,12-13H2. The van der Waals surface area contributed by atoms with E-state index in [0.29, 0.717) is 5.82 Å².